The van der Waals surface area contributed by atoms with Crippen molar-refractivity contribution in [3.05, 3.63) is 28.3 Å². The molecule has 0 bridgehead atoms. The summed E-state index contributed by atoms with van der Waals surface area (Å²) in [5.74, 6) is 0.462. The summed E-state index contributed by atoms with van der Waals surface area (Å²) in [4.78, 5) is 10.1. The standard InChI is InChI=1S/C10H13ClN2O4/c1-17-10-4-7(13(15)16)2-3-9(10)12-6-8(14)5-11/h2-4,8,12,14H,5-6H2,1H3/t8-/m0/s1. The van der Waals surface area contributed by atoms with Gasteiger partial charge >= 0.3 is 0 Å². The van der Waals surface area contributed by atoms with Crippen molar-refractivity contribution in [3.8, 4) is 5.75 Å². The van der Waals surface area contributed by atoms with Gasteiger partial charge in [0.15, 0.2) is 0 Å². The average molecular weight is 261 g/mol. The Hall–Kier alpha value is -1.53. The van der Waals surface area contributed by atoms with Crippen molar-refractivity contribution >= 4 is 23.0 Å². The highest BCUT2D eigenvalue weighted by molar-refractivity contribution is 6.18. The number of benzene rings is 1. The molecule has 0 aliphatic rings. The Kier molecular flexibility index (Phi) is 4.99. The van der Waals surface area contributed by atoms with Crippen molar-refractivity contribution in [1.82, 2.24) is 0 Å². The molecular weight excluding hydrogens is 248 g/mol. The van der Waals surface area contributed by atoms with Crippen LogP contribution in [0.5, 0.6) is 5.75 Å². The monoisotopic (exact) mass is 260 g/mol. The highest BCUT2D eigenvalue weighted by atomic mass is 35.5. The van der Waals surface area contributed by atoms with Crippen molar-refractivity contribution < 1.29 is 14.8 Å². The van der Waals surface area contributed by atoms with E-state index in [1.165, 1.54) is 25.3 Å². The van der Waals surface area contributed by atoms with Crippen LogP contribution < -0.4 is 10.1 Å². The number of anilines is 1. The first-order valence-corrected chi connectivity index (χ1v) is 5.42. The van der Waals surface area contributed by atoms with Gasteiger partial charge in [-0.1, -0.05) is 0 Å². The van der Waals surface area contributed by atoms with Crippen LogP contribution in [0.25, 0.3) is 0 Å². The molecule has 0 radical (unpaired) electrons. The molecule has 0 saturated heterocycles. The molecule has 94 valence electrons. The first-order valence-electron chi connectivity index (χ1n) is 4.88. The molecule has 1 aromatic carbocycles. The lowest BCUT2D eigenvalue weighted by Crippen LogP contribution is -2.21. The van der Waals surface area contributed by atoms with E-state index in [0.717, 1.165) is 0 Å². The van der Waals surface area contributed by atoms with Crippen LogP contribution in [0, 0.1) is 10.1 Å². The quantitative estimate of drug-likeness (QED) is 0.461. The molecule has 0 heterocycles. The summed E-state index contributed by atoms with van der Waals surface area (Å²) < 4.78 is 5.02. The molecule has 17 heavy (non-hydrogen) atoms. The number of aliphatic hydroxyl groups is 1. The number of non-ortho nitro benzene ring substituents is 1. The second-order valence-corrected chi connectivity index (χ2v) is 3.64. The van der Waals surface area contributed by atoms with E-state index in [9.17, 15) is 15.2 Å². The van der Waals surface area contributed by atoms with Gasteiger partial charge in [0, 0.05) is 12.6 Å². The number of nitrogens with zero attached hydrogens (tertiary/aromatic N) is 1. The highest BCUT2D eigenvalue weighted by Crippen LogP contribution is 2.28. The maximum Gasteiger partial charge on any atom is 0.273 e. The lowest BCUT2D eigenvalue weighted by atomic mass is 10.2. The second-order valence-electron chi connectivity index (χ2n) is 3.33. The Morgan fingerprint density at radius 3 is 2.88 bits per heavy atom. The molecule has 1 rings (SSSR count). The first kappa shape index (κ1) is 13.5. The summed E-state index contributed by atoms with van der Waals surface area (Å²) in [6, 6.07) is 4.20. The van der Waals surface area contributed by atoms with Gasteiger partial charge < -0.3 is 15.2 Å². The molecule has 0 saturated carbocycles. The molecule has 0 amide bonds. The van der Waals surface area contributed by atoms with Crippen molar-refractivity contribution in [3.63, 3.8) is 0 Å². The molecule has 1 atom stereocenters. The Morgan fingerprint density at radius 2 is 2.35 bits per heavy atom. The van der Waals surface area contributed by atoms with E-state index < -0.39 is 11.0 Å². The normalized spacial score (nSPS) is 11.9. The first-order chi connectivity index (χ1) is 8.08. The molecular formula is C10H13ClN2O4. The van der Waals surface area contributed by atoms with Crippen LogP contribution in [0.3, 0.4) is 0 Å². The number of nitrogens with one attached hydrogen (secondary N) is 1. The lowest BCUT2D eigenvalue weighted by Gasteiger charge is -2.12. The van der Waals surface area contributed by atoms with Gasteiger partial charge in [-0.25, -0.2) is 0 Å². The highest BCUT2D eigenvalue weighted by Gasteiger charge is 2.11. The van der Waals surface area contributed by atoms with Gasteiger partial charge in [-0.15, -0.1) is 11.6 Å². The Balaban J connectivity index is 2.82. The smallest absolute Gasteiger partial charge is 0.273 e. The minimum Gasteiger partial charge on any atom is -0.494 e. The van der Waals surface area contributed by atoms with Crippen molar-refractivity contribution in [2.24, 2.45) is 0 Å². The van der Waals surface area contributed by atoms with Gasteiger partial charge in [0.1, 0.15) is 5.75 Å². The van der Waals surface area contributed by atoms with Crippen LogP contribution in [-0.2, 0) is 0 Å². The predicted molar refractivity (Wildman–Crippen MR) is 64.9 cm³/mol. The minimum atomic E-state index is -0.684. The number of nitro groups is 1. The number of nitro benzene ring substituents is 1. The van der Waals surface area contributed by atoms with Crippen molar-refractivity contribution in [1.29, 1.82) is 0 Å². The van der Waals surface area contributed by atoms with Gasteiger partial charge in [-0.05, 0) is 6.07 Å². The van der Waals surface area contributed by atoms with E-state index in [0.29, 0.717) is 11.4 Å². The fourth-order valence-electron chi connectivity index (χ4n) is 1.22. The Bertz CT molecular complexity index is 400. The molecule has 6 nitrogen and oxygen atoms in total. The Morgan fingerprint density at radius 1 is 1.65 bits per heavy atom. The number of aliphatic hydroxyl groups excluding tert-OH is 1. The van der Waals surface area contributed by atoms with Crippen molar-refractivity contribution in [2.45, 2.75) is 6.10 Å². The third-order valence-corrected chi connectivity index (χ3v) is 2.46. The molecule has 0 aliphatic carbocycles. The molecule has 7 heteroatoms. The summed E-state index contributed by atoms with van der Waals surface area (Å²) in [6.07, 6.45) is -0.684. The molecule has 0 unspecified atom stereocenters. The van der Waals surface area contributed by atoms with Gasteiger partial charge in [-0.3, -0.25) is 10.1 Å². The number of rotatable bonds is 6. The number of hydrogen-bond acceptors (Lipinski definition) is 5. The number of alkyl halides is 1. The molecule has 0 aliphatic heterocycles. The van der Waals surface area contributed by atoms with E-state index in [4.69, 9.17) is 16.3 Å². The summed E-state index contributed by atoms with van der Waals surface area (Å²) in [6.45, 7) is 0.248. The third-order valence-electron chi connectivity index (χ3n) is 2.10. The van der Waals surface area contributed by atoms with Crippen LogP contribution in [0.15, 0.2) is 18.2 Å². The van der Waals surface area contributed by atoms with Crippen LogP contribution in [-0.4, -0.2) is 35.7 Å². The fraction of sp³-hybridized carbons (Fsp3) is 0.400. The molecule has 2 N–H and O–H groups in total. The Labute approximate surface area is 103 Å². The number of methoxy groups -OCH3 is 1. The van der Waals surface area contributed by atoms with E-state index in [-0.39, 0.29) is 18.1 Å². The summed E-state index contributed by atoms with van der Waals surface area (Å²) in [5.41, 5.74) is 0.521. The summed E-state index contributed by atoms with van der Waals surface area (Å²) in [7, 11) is 1.42. The van der Waals surface area contributed by atoms with Gasteiger partial charge in [-0.2, -0.15) is 0 Å². The lowest BCUT2D eigenvalue weighted by molar-refractivity contribution is -0.384. The molecule has 0 spiro atoms. The number of ether oxygens (including phenoxy) is 1. The molecule has 0 aromatic heterocycles. The minimum absolute atomic E-state index is 0.0507. The van der Waals surface area contributed by atoms with Crippen LogP contribution >= 0.6 is 11.6 Å². The largest absolute Gasteiger partial charge is 0.494 e. The average Bonchev–Trinajstić information content (AvgIpc) is 2.35. The van der Waals surface area contributed by atoms with E-state index in [2.05, 4.69) is 5.32 Å². The third kappa shape index (κ3) is 3.76. The van der Waals surface area contributed by atoms with E-state index in [1.807, 2.05) is 0 Å². The molecule has 1 aromatic rings. The fourth-order valence-corrected chi connectivity index (χ4v) is 1.33. The number of halogens is 1. The molecule has 0 fully saturated rings. The van der Waals surface area contributed by atoms with Gasteiger partial charge in [0.05, 0.1) is 35.8 Å². The zero-order chi connectivity index (χ0) is 12.8. The topological polar surface area (TPSA) is 84.6 Å². The SMILES string of the molecule is COc1cc([N+](=O)[O-])ccc1NC[C@@H](O)CCl. The zero-order valence-electron chi connectivity index (χ0n) is 9.22. The van der Waals surface area contributed by atoms with Crippen LogP contribution in [0.4, 0.5) is 11.4 Å². The summed E-state index contributed by atoms with van der Waals surface area (Å²) in [5, 5.41) is 22.7. The van der Waals surface area contributed by atoms with E-state index in [1.54, 1.807) is 0 Å². The number of hydrogen-bond donors (Lipinski definition) is 2. The maximum atomic E-state index is 10.6. The zero-order valence-corrected chi connectivity index (χ0v) is 9.98. The van der Waals surface area contributed by atoms with Crippen LogP contribution in [0.1, 0.15) is 0 Å². The van der Waals surface area contributed by atoms with Crippen LogP contribution in [0.2, 0.25) is 0 Å². The van der Waals surface area contributed by atoms with Gasteiger partial charge in [0.2, 0.25) is 0 Å². The predicted octanol–water partition coefficient (Wildman–Crippen LogP) is 1.61. The maximum absolute atomic E-state index is 10.6. The van der Waals surface area contributed by atoms with Gasteiger partial charge in [0.25, 0.3) is 5.69 Å². The van der Waals surface area contributed by atoms with Crippen molar-refractivity contribution in [2.75, 3.05) is 24.9 Å². The summed E-state index contributed by atoms with van der Waals surface area (Å²) >= 11 is 5.45. The van der Waals surface area contributed by atoms with E-state index >= 15 is 0 Å². The second kappa shape index (κ2) is 6.27.